The van der Waals surface area contributed by atoms with Crippen molar-refractivity contribution in [2.45, 2.75) is 52.0 Å². The fraction of sp³-hybridized carbons (Fsp3) is 1.00. The number of rotatable bonds is 11. The Bertz CT molecular complexity index is 116. The van der Waals surface area contributed by atoms with Crippen LogP contribution < -0.4 is 5.32 Å². The van der Waals surface area contributed by atoms with Crippen molar-refractivity contribution in [2.75, 3.05) is 24.7 Å². The van der Waals surface area contributed by atoms with E-state index in [-0.39, 0.29) is 0 Å². The molecule has 0 unspecified atom stereocenters. The van der Waals surface area contributed by atoms with Crippen molar-refractivity contribution in [1.29, 1.82) is 0 Å². The van der Waals surface area contributed by atoms with Crippen LogP contribution in [0.1, 0.15) is 46.0 Å². The van der Waals surface area contributed by atoms with E-state index in [1.54, 1.807) is 0 Å². The highest BCUT2D eigenvalue weighted by Crippen LogP contribution is 2.05. The molecule has 0 radical (unpaired) electrons. The molecule has 2 nitrogen and oxygen atoms in total. The molecule has 0 rings (SSSR count). The van der Waals surface area contributed by atoms with Gasteiger partial charge in [-0.05, 0) is 25.0 Å². The lowest BCUT2D eigenvalue weighted by Gasteiger charge is -2.16. The van der Waals surface area contributed by atoms with Crippen LogP contribution in [0, 0.1) is 0 Å². The van der Waals surface area contributed by atoms with E-state index in [4.69, 9.17) is 5.11 Å². The van der Waals surface area contributed by atoms with Gasteiger partial charge in [0, 0.05) is 24.9 Å². The lowest BCUT2D eigenvalue weighted by atomic mass is 10.1. The van der Waals surface area contributed by atoms with Crippen LogP contribution in [0.5, 0.6) is 0 Å². The summed E-state index contributed by atoms with van der Waals surface area (Å²) in [6, 6.07) is 0.721. The van der Waals surface area contributed by atoms with Crippen LogP contribution in [0.15, 0.2) is 0 Å². The Morgan fingerprint density at radius 3 is 2.33 bits per heavy atom. The van der Waals surface area contributed by atoms with E-state index >= 15 is 0 Å². The summed E-state index contributed by atoms with van der Waals surface area (Å²) in [6.45, 7) is 5.94. The molecule has 3 heteroatoms. The molecule has 0 aromatic carbocycles. The average molecular weight is 233 g/mol. The van der Waals surface area contributed by atoms with Gasteiger partial charge in [0.2, 0.25) is 0 Å². The molecule has 2 N–H and O–H groups in total. The van der Waals surface area contributed by atoms with E-state index in [2.05, 4.69) is 19.2 Å². The van der Waals surface area contributed by atoms with Gasteiger partial charge in [-0.3, -0.25) is 0 Å². The smallest absolute Gasteiger partial charge is 0.0438 e. The van der Waals surface area contributed by atoms with E-state index in [1.165, 1.54) is 31.4 Å². The summed E-state index contributed by atoms with van der Waals surface area (Å²) < 4.78 is 0. The Morgan fingerprint density at radius 1 is 1.13 bits per heavy atom. The molecule has 15 heavy (non-hydrogen) atoms. The van der Waals surface area contributed by atoms with Gasteiger partial charge in [0.15, 0.2) is 0 Å². The molecule has 0 bridgehead atoms. The Labute approximate surface area is 99.2 Å². The molecule has 0 atom stereocenters. The molecule has 0 heterocycles. The van der Waals surface area contributed by atoms with Crippen LogP contribution in [0.2, 0.25) is 0 Å². The fourth-order valence-electron chi connectivity index (χ4n) is 1.65. The molecule has 0 aromatic rings. The van der Waals surface area contributed by atoms with Gasteiger partial charge in [0.05, 0.1) is 0 Å². The number of aliphatic hydroxyl groups excluding tert-OH is 1. The van der Waals surface area contributed by atoms with Crippen LogP contribution in [0.25, 0.3) is 0 Å². The topological polar surface area (TPSA) is 32.3 Å². The maximum absolute atomic E-state index is 8.62. The van der Waals surface area contributed by atoms with Gasteiger partial charge in [0.25, 0.3) is 0 Å². The van der Waals surface area contributed by atoms with Crippen molar-refractivity contribution in [1.82, 2.24) is 5.32 Å². The van der Waals surface area contributed by atoms with Gasteiger partial charge in [-0.25, -0.2) is 0 Å². The normalized spacial score (nSPS) is 11.2. The zero-order valence-electron chi connectivity index (χ0n) is 10.3. The van der Waals surface area contributed by atoms with Crippen LogP contribution >= 0.6 is 11.8 Å². The van der Waals surface area contributed by atoms with Crippen LogP contribution in [-0.2, 0) is 0 Å². The van der Waals surface area contributed by atoms with E-state index in [0.29, 0.717) is 6.61 Å². The maximum atomic E-state index is 8.62. The van der Waals surface area contributed by atoms with E-state index in [0.717, 1.165) is 24.8 Å². The van der Waals surface area contributed by atoms with Crippen LogP contribution in [0.3, 0.4) is 0 Å². The van der Waals surface area contributed by atoms with Gasteiger partial charge >= 0.3 is 0 Å². The Morgan fingerprint density at radius 2 is 1.80 bits per heavy atom. The van der Waals surface area contributed by atoms with Gasteiger partial charge in [-0.1, -0.05) is 26.7 Å². The lowest BCUT2D eigenvalue weighted by Crippen LogP contribution is -2.30. The monoisotopic (exact) mass is 233 g/mol. The molecule has 0 saturated heterocycles. The standard InChI is InChI=1S/C12H27NOS/c1-3-6-12(7-4-2)13-8-11-15-10-5-9-14/h12-14H,3-11H2,1-2H3. The summed E-state index contributed by atoms with van der Waals surface area (Å²) in [5.74, 6) is 2.26. The largest absolute Gasteiger partial charge is 0.396 e. The average Bonchev–Trinajstić information content (AvgIpc) is 2.24. The molecular weight excluding hydrogens is 206 g/mol. The molecule has 0 spiro atoms. The van der Waals surface area contributed by atoms with Crippen LogP contribution in [0.4, 0.5) is 0 Å². The first kappa shape index (κ1) is 15.3. The molecule has 0 fully saturated rings. The summed E-state index contributed by atoms with van der Waals surface area (Å²) in [6.07, 6.45) is 6.08. The van der Waals surface area contributed by atoms with Gasteiger partial charge in [0.1, 0.15) is 0 Å². The first-order valence-electron chi connectivity index (χ1n) is 6.27. The van der Waals surface area contributed by atoms with Gasteiger partial charge in [-0.2, -0.15) is 11.8 Å². The highest BCUT2D eigenvalue weighted by Gasteiger charge is 2.04. The molecule has 0 amide bonds. The number of thioether (sulfide) groups is 1. The molecule has 0 aliphatic carbocycles. The third-order valence-electron chi connectivity index (χ3n) is 2.40. The summed E-state index contributed by atoms with van der Waals surface area (Å²) in [4.78, 5) is 0. The summed E-state index contributed by atoms with van der Waals surface area (Å²) in [5, 5.41) is 12.2. The Hall–Kier alpha value is 0.270. The van der Waals surface area contributed by atoms with Crippen molar-refractivity contribution in [3.63, 3.8) is 0 Å². The third-order valence-corrected chi connectivity index (χ3v) is 3.47. The predicted octanol–water partition coefficient (Wildman–Crippen LogP) is 2.66. The maximum Gasteiger partial charge on any atom is 0.0438 e. The van der Waals surface area contributed by atoms with E-state index in [9.17, 15) is 0 Å². The minimum atomic E-state index is 0.328. The minimum Gasteiger partial charge on any atom is -0.396 e. The second-order valence-corrected chi connectivity index (χ2v) is 5.14. The Balaban J connectivity index is 3.28. The first-order valence-corrected chi connectivity index (χ1v) is 7.42. The zero-order chi connectivity index (χ0) is 11.4. The molecule has 0 aliphatic rings. The predicted molar refractivity (Wildman–Crippen MR) is 70.6 cm³/mol. The zero-order valence-corrected chi connectivity index (χ0v) is 11.1. The SMILES string of the molecule is CCCC(CCC)NCCSCCCO. The van der Waals surface area contributed by atoms with Crippen molar-refractivity contribution in [3.8, 4) is 0 Å². The number of hydrogen-bond donors (Lipinski definition) is 2. The van der Waals surface area contributed by atoms with E-state index in [1.807, 2.05) is 11.8 Å². The Kier molecular flexibility index (Phi) is 12.6. The van der Waals surface area contributed by atoms with E-state index < -0.39 is 0 Å². The van der Waals surface area contributed by atoms with Crippen molar-refractivity contribution >= 4 is 11.8 Å². The quantitative estimate of drug-likeness (QED) is 0.538. The number of hydrogen-bond acceptors (Lipinski definition) is 3. The number of aliphatic hydroxyl groups is 1. The molecule has 0 aliphatic heterocycles. The lowest BCUT2D eigenvalue weighted by molar-refractivity contribution is 0.296. The summed E-state index contributed by atoms with van der Waals surface area (Å²) in [7, 11) is 0. The second-order valence-electron chi connectivity index (χ2n) is 3.92. The molecule has 92 valence electrons. The van der Waals surface area contributed by atoms with Crippen molar-refractivity contribution in [2.24, 2.45) is 0 Å². The molecular formula is C12H27NOS. The summed E-state index contributed by atoms with van der Waals surface area (Å²) in [5.41, 5.74) is 0. The van der Waals surface area contributed by atoms with Crippen molar-refractivity contribution < 1.29 is 5.11 Å². The molecule has 0 aromatic heterocycles. The third kappa shape index (κ3) is 10.6. The summed E-state index contributed by atoms with van der Waals surface area (Å²) >= 11 is 1.93. The van der Waals surface area contributed by atoms with Crippen LogP contribution in [-0.4, -0.2) is 35.8 Å². The highest BCUT2D eigenvalue weighted by molar-refractivity contribution is 7.99. The minimum absolute atomic E-state index is 0.328. The van der Waals surface area contributed by atoms with Gasteiger partial charge in [-0.15, -0.1) is 0 Å². The second kappa shape index (κ2) is 12.3. The first-order chi connectivity index (χ1) is 7.35. The van der Waals surface area contributed by atoms with Crippen molar-refractivity contribution in [3.05, 3.63) is 0 Å². The number of nitrogens with one attached hydrogen (secondary N) is 1. The molecule has 0 saturated carbocycles. The van der Waals surface area contributed by atoms with Gasteiger partial charge < -0.3 is 10.4 Å². The fourth-order valence-corrected chi connectivity index (χ4v) is 2.45. The highest BCUT2D eigenvalue weighted by atomic mass is 32.2.